The number of carbonyl (C=O) groups is 5. The number of aromatic amines is 1. The van der Waals surface area contributed by atoms with E-state index in [1.807, 2.05) is 48.5 Å². The lowest BCUT2D eigenvalue weighted by Gasteiger charge is -2.29. The van der Waals surface area contributed by atoms with Crippen LogP contribution in [0.15, 0.2) is 24.5 Å². The first-order valence-corrected chi connectivity index (χ1v) is 17.1. The highest BCUT2D eigenvalue weighted by atomic mass is 16.3. The Morgan fingerprint density at radius 2 is 1.40 bits per heavy atom. The molecule has 0 fully saturated rings. The average Bonchev–Trinajstić information content (AvgIpc) is 3.03. The topological polar surface area (TPSA) is 192 Å². The van der Waals surface area contributed by atoms with Gasteiger partial charge in [0.2, 0.25) is 23.6 Å². The Hall–Kier alpha value is -3.58. The Morgan fingerprint density at radius 3 is 1.94 bits per heavy atom. The SMILES string of the molecule is CCC[C@H](NC(=O)C(NC(=O)c1cc[nH+]cc1)[C@@H](C)CC)C(=O)NC(CN[C@@H](CCO)C(=O)NC(C(=O)NCC)C(C)C)CC(C)C. The Labute approximate surface area is 280 Å². The number of rotatable bonds is 22. The maximum atomic E-state index is 13.6. The molecule has 0 radical (unpaired) electrons. The van der Waals surface area contributed by atoms with Gasteiger partial charge in [-0.15, -0.1) is 0 Å². The molecule has 5 amide bonds. The summed E-state index contributed by atoms with van der Waals surface area (Å²) < 4.78 is 0. The van der Waals surface area contributed by atoms with Crippen LogP contribution in [0.2, 0.25) is 0 Å². The van der Waals surface area contributed by atoms with E-state index in [-0.39, 0.29) is 55.0 Å². The molecule has 0 aliphatic rings. The van der Waals surface area contributed by atoms with Crippen LogP contribution in [-0.4, -0.2) is 84.5 Å². The van der Waals surface area contributed by atoms with Crippen LogP contribution in [0.4, 0.5) is 0 Å². The molecule has 1 aromatic heterocycles. The second kappa shape index (κ2) is 22.1. The van der Waals surface area contributed by atoms with Crippen LogP contribution in [0.5, 0.6) is 0 Å². The first-order valence-electron chi connectivity index (χ1n) is 17.1. The minimum Gasteiger partial charge on any atom is -0.396 e. The maximum absolute atomic E-state index is 13.6. The quantitative estimate of drug-likeness (QED) is 0.0966. The summed E-state index contributed by atoms with van der Waals surface area (Å²) in [6.07, 6.45) is 5.62. The third kappa shape index (κ3) is 14.8. The molecule has 6 atom stereocenters. The fourth-order valence-corrected chi connectivity index (χ4v) is 5.16. The van der Waals surface area contributed by atoms with E-state index < -0.39 is 42.0 Å². The third-order valence-electron chi connectivity index (χ3n) is 8.02. The average molecular weight is 663 g/mol. The lowest BCUT2D eigenvalue weighted by Crippen LogP contribution is -2.58. The molecular formula is C34H60N7O6+. The van der Waals surface area contributed by atoms with Gasteiger partial charge in [-0.1, -0.05) is 61.3 Å². The zero-order valence-corrected chi connectivity index (χ0v) is 29.6. The summed E-state index contributed by atoms with van der Waals surface area (Å²) >= 11 is 0. The monoisotopic (exact) mass is 662 g/mol. The summed E-state index contributed by atoms with van der Waals surface area (Å²) in [5.74, 6) is -2.00. The molecule has 13 nitrogen and oxygen atoms in total. The largest absolute Gasteiger partial charge is 0.396 e. The van der Waals surface area contributed by atoms with E-state index in [2.05, 4.69) is 36.9 Å². The number of hydrogen-bond acceptors (Lipinski definition) is 7. The number of aliphatic hydroxyl groups is 1. The van der Waals surface area contributed by atoms with Gasteiger partial charge in [-0.2, -0.15) is 0 Å². The summed E-state index contributed by atoms with van der Waals surface area (Å²) in [5.41, 5.74) is 0.411. The van der Waals surface area contributed by atoms with Gasteiger partial charge >= 0.3 is 0 Å². The summed E-state index contributed by atoms with van der Waals surface area (Å²) in [7, 11) is 0. The molecule has 0 saturated heterocycles. The number of amides is 5. The fourth-order valence-electron chi connectivity index (χ4n) is 5.16. The van der Waals surface area contributed by atoms with E-state index >= 15 is 0 Å². The number of hydrogen-bond donors (Lipinski definition) is 7. The standard InChI is InChI=1S/C34H59N7O6/c1-9-12-27(39-34(47)29(23(8)10-2)41-30(43)24-13-16-35-17-14-24)32(45)38-25(19-21(4)5)20-37-26(15-18-42)31(44)40-28(22(6)7)33(46)36-11-3/h13-14,16-17,21-23,25-29,37,42H,9-12,15,18-20H2,1-8H3,(H,36,46)(H,38,45)(H,39,47)(H,40,44)(H,41,43)/p+1/t23-,25?,26-,27-,28?,29?/m0/s1. The number of H-pyrrole nitrogens is 1. The zero-order chi connectivity index (χ0) is 35.5. The highest BCUT2D eigenvalue weighted by Crippen LogP contribution is 2.12. The first kappa shape index (κ1) is 41.4. The van der Waals surface area contributed by atoms with Crippen molar-refractivity contribution < 1.29 is 34.1 Å². The Morgan fingerprint density at radius 1 is 0.766 bits per heavy atom. The van der Waals surface area contributed by atoms with Gasteiger partial charge in [-0.25, -0.2) is 4.98 Å². The maximum Gasteiger partial charge on any atom is 0.252 e. The smallest absolute Gasteiger partial charge is 0.252 e. The van der Waals surface area contributed by atoms with Crippen molar-refractivity contribution in [1.29, 1.82) is 0 Å². The van der Waals surface area contributed by atoms with Gasteiger partial charge in [0.25, 0.3) is 5.91 Å². The Balaban J connectivity index is 3.05. The number of aromatic nitrogens is 1. The Bertz CT molecular complexity index is 1120. The molecule has 0 saturated carbocycles. The van der Waals surface area contributed by atoms with Gasteiger partial charge in [0, 0.05) is 37.9 Å². The van der Waals surface area contributed by atoms with E-state index in [1.165, 1.54) is 0 Å². The van der Waals surface area contributed by atoms with Crippen LogP contribution in [-0.2, 0) is 19.2 Å². The Kier molecular flexibility index (Phi) is 19.5. The molecule has 266 valence electrons. The molecule has 13 heteroatoms. The molecule has 0 bridgehead atoms. The van der Waals surface area contributed by atoms with E-state index in [4.69, 9.17) is 0 Å². The number of aliphatic hydroxyl groups excluding tert-OH is 1. The summed E-state index contributed by atoms with van der Waals surface area (Å²) in [5, 5.41) is 27.2. The van der Waals surface area contributed by atoms with Gasteiger partial charge < -0.3 is 37.0 Å². The molecule has 0 spiro atoms. The van der Waals surface area contributed by atoms with Gasteiger partial charge in [0.1, 0.15) is 18.1 Å². The van der Waals surface area contributed by atoms with Crippen molar-refractivity contribution in [3.63, 3.8) is 0 Å². The highest BCUT2D eigenvalue weighted by molar-refractivity contribution is 5.98. The summed E-state index contributed by atoms with van der Waals surface area (Å²) in [4.78, 5) is 68.6. The summed E-state index contributed by atoms with van der Waals surface area (Å²) in [6, 6.07) is -0.352. The van der Waals surface area contributed by atoms with Crippen LogP contribution in [0.3, 0.4) is 0 Å². The minimum absolute atomic E-state index is 0.118. The molecule has 47 heavy (non-hydrogen) atoms. The number of carbonyl (C=O) groups excluding carboxylic acids is 5. The van der Waals surface area contributed by atoms with E-state index in [0.29, 0.717) is 37.8 Å². The van der Waals surface area contributed by atoms with Crippen LogP contribution in [0.25, 0.3) is 0 Å². The molecular weight excluding hydrogens is 602 g/mol. The van der Waals surface area contributed by atoms with Crippen molar-refractivity contribution in [3.8, 4) is 0 Å². The van der Waals surface area contributed by atoms with E-state index in [1.54, 1.807) is 31.5 Å². The molecule has 3 unspecified atom stereocenters. The van der Waals surface area contributed by atoms with Crippen LogP contribution >= 0.6 is 0 Å². The van der Waals surface area contributed by atoms with Crippen molar-refractivity contribution in [2.24, 2.45) is 17.8 Å². The minimum atomic E-state index is -0.844. The molecule has 0 aliphatic heterocycles. The third-order valence-corrected chi connectivity index (χ3v) is 8.02. The first-order chi connectivity index (χ1) is 22.3. The zero-order valence-electron chi connectivity index (χ0n) is 29.6. The van der Waals surface area contributed by atoms with Crippen molar-refractivity contribution in [1.82, 2.24) is 31.9 Å². The highest BCUT2D eigenvalue weighted by Gasteiger charge is 2.32. The van der Waals surface area contributed by atoms with Gasteiger partial charge in [-0.3, -0.25) is 24.0 Å². The van der Waals surface area contributed by atoms with Crippen molar-refractivity contribution in [2.75, 3.05) is 19.7 Å². The van der Waals surface area contributed by atoms with E-state index in [0.717, 1.165) is 0 Å². The van der Waals surface area contributed by atoms with Crippen LogP contribution in [0.1, 0.15) is 97.9 Å². The number of likely N-dealkylation sites (N-methyl/N-ethyl adjacent to an activating group) is 1. The lowest BCUT2D eigenvalue weighted by molar-refractivity contribution is -0.378. The molecule has 0 aromatic carbocycles. The van der Waals surface area contributed by atoms with Crippen molar-refractivity contribution in [2.45, 2.75) is 118 Å². The second-order valence-electron chi connectivity index (χ2n) is 12.9. The molecule has 1 aromatic rings. The van der Waals surface area contributed by atoms with Crippen LogP contribution < -0.4 is 36.9 Å². The van der Waals surface area contributed by atoms with Crippen LogP contribution in [0, 0.1) is 17.8 Å². The predicted molar refractivity (Wildman–Crippen MR) is 181 cm³/mol. The fraction of sp³-hybridized carbons (Fsp3) is 0.706. The van der Waals surface area contributed by atoms with Crippen molar-refractivity contribution in [3.05, 3.63) is 30.1 Å². The normalized spacial score (nSPS) is 15.1. The summed E-state index contributed by atoms with van der Waals surface area (Å²) in [6.45, 7) is 15.7. The predicted octanol–water partition coefficient (Wildman–Crippen LogP) is 1.08. The molecule has 1 heterocycles. The molecule has 8 N–H and O–H groups in total. The van der Waals surface area contributed by atoms with E-state index in [9.17, 15) is 29.1 Å². The molecule has 1 rings (SSSR count). The van der Waals surface area contributed by atoms with Gasteiger partial charge in [-0.05, 0) is 43.9 Å². The molecule has 0 aliphatic carbocycles. The van der Waals surface area contributed by atoms with Gasteiger partial charge in [0.15, 0.2) is 12.4 Å². The number of nitrogens with one attached hydrogen (secondary N) is 7. The van der Waals surface area contributed by atoms with Gasteiger partial charge in [0.05, 0.1) is 11.6 Å². The number of pyridine rings is 1. The lowest BCUT2D eigenvalue weighted by atomic mass is 9.97. The second-order valence-corrected chi connectivity index (χ2v) is 12.9. The van der Waals surface area contributed by atoms with Crippen molar-refractivity contribution >= 4 is 29.5 Å².